The minimum Gasteiger partial charge on any atom is -0.313 e. The van der Waals surface area contributed by atoms with Gasteiger partial charge in [-0.1, -0.05) is 13.8 Å². The Morgan fingerprint density at radius 2 is 1.90 bits per heavy atom. The Balaban J connectivity index is 1.91. The first-order chi connectivity index (χ1) is 9.99. The molecular weight excluding hydrogens is 270 g/mol. The lowest BCUT2D eigenvalue weighted by Crippen LogP contribution is -2.27. The number of rotatable bonds is 6. The molecule has 2 unspecified atom stereocenters. The zero-order valence-electron chi connectivity index (χ0n) is 13.2. The second-order valence-corrected chi connectivity index (χ2v) is 6.43. The van der Waals surface area contributed by atoms with Crippen molar-refractivity contribution in [3.63, 3.8) is 0 Å². The van der Waals surface area contributed by atoms with E-state index in [0.717, 1.165) is 44.0 Å². The van der Waals surface area contributed by atoms with Crippen LogP contribution < -0.4 is 5.32 Å². The number of hydrogen-bond acceptors (Lipinski definition) is 2. The zero-order valence-corrected chi connectivity index (χ0v) is 13.2. The SMILES string of the molecule is CNC(CCN1CCC(C(C)C)C1)c1cc(F)cc(F)c1. The Morgan fingerprint density at radius 1 is 1.24 bits per heavy atom. The highest BCUT2D eigenvalue weighted by Gasteiger charge is 2.25. The summed E-state index contributed by atoms with van der Waals surface area (Å²) in [7, 11) is 1.84. The maximum absolute atomic E-state index is 13.3. The van der Waals surface area contributed by atoms with Crippen molar-refractivity contribution in [3.05, 3.63) is 35.4 Å². The minimum absolute atomic E-state index is 0.00620. The molecule has 0 amide bonds. The summed E-state index contributed by atoms with van der Waals surface area (Å²) in [5, 5.41) is 3.17. The average Bonchev–Trinajstić information content (AvgIpc) is 2.87. The summed E-state index contributed by atoms with van der Waals surface area (Å²) in [5.74, 6) is 0.495. The van der Waals surface area contributed by atoms with Crippen LogP contribution >= 0.6 is 0 Å². The van der Waals surface area contributed by atoms with Crippen LogP contribution in [0.25, 0.3) is 0 Å². The summed E-state index contributed by atoms with van der Waals surface area (Å²) in [4.78, 5) is 2.46. The topological polar surface area (TPSA) is 15.3 Å². The highest BCUT2D eigenvalue weighted by molar-refractivity contribution is 5.21. The Morgan fingerprint density at radius 3 is 2.43 bits per heavy atom. The Bertz CT molecular complexity index is 442. The average molecular weight is 296 g/mol. The molecule has 0 aromatic heterocycles. The first-order valence-corrected chi connectivity index (χ1v) is 7.85. The van der Waals surface area contributed by atoms with Crippen LogP contribution in [-0.2, 0) is 0 Å². The highest BCUT2D eigenvalue weighted by Crippen LogP contribution is 2.25. The first kappa shape index (κ1) is 16.4. The van der Waals surface area contributed by atoms with Crippen molar-refractivity contribution in [2.45, 2.75) is 32.7 Å². The first-order valence-electron chi connectivity index (χ1n) is 7.85. The molecule has 1 heterocycles. The lowest BCUT2D eigenvalue weighted by atomic mass is 9.95. The third-order valence-electron chi connectivity index (χ3n) is 4.62. The van der Waals surface area contributed by atoms with Crippen LogP contribution in [0.2, 0.25) is 0 Å². The molecule has 4 heteroatoms. The number of nitrogens with zero attached hydrogens (tertiary/aromatic N) is 1. The van der Waals surface area contributed by atoms with Crippen molar-refractivity contribution < 1.29 is 8.78 Å². The third-order valence-corrected chi connectivity index (χ3v) is 4.62. The van der Waals surface area contributed by atoms with Crippen molar-refractivity contribution in [1.29, 1.82) is 0 Å². The molecule has 118 valence electrons. The Hall–Kier alpha value is -1.00. The number of hydrogen-bond donors (Lipinski definition) is 1. The fraction of sp³-hybridized carbons (Fsp3) is 0.647. The van der Waals surface area contributed by atoms with E-state index in [1.807, 2.05) is 7.05 Å². The smallest absolute Gasteiger partial charge is 0.126 e. The van der Waals surface area contributed by atoms with Crippen LogP contribution in [0.5, 0.6) is 0 Å². The molecule has 0 radical (unpaired) electrons. The summed E-state index contributed by atoms with van der Waals surface area (Å²) in [6.45, 7) is 7.80. The molecule has 0 spiro atoms. The molecule has 1 aromatic carbocycles. The molecule has 2 rings (SSSR count). The number of benzene rings is 1. The van der Waals surface area contributed by atoms with Gasteiger partial charge in [-0.25, -0.2) is 8.78 Å². The van der Waals surface area contributed by atoms with E-state index in [-0.39, 0.29) is 6.04 Å². The van der Waals surface area contributed by atoms with Gasteiger partial charge in [-0.3, -0.25) is 0 Å². The normalized spacial score (nSPS) is 21.1. The van der Waals surface area contributed by atoms with Gasteiger partial charge < -0.3 is 10.2 Å². The molecule has 2 nitrogen and oxygen atoms in total. The van der Waals surface area contributed by atoms with E-state index >= 15 is 0 Å². The number of nitrogens with one attached hydrogen (secondary N) is 1. The largest absolute Gasteiger partial charge is 0.313 e. The van der Waals surface area contributed by atoms with E-state index in [4.69, 9.17) is 0 Å². The van der Waals surface area contributed by atoms with Crippen molar-refractivity contribution in [1.82, 2.24) is 10.2 Å². The predicted molar refractivity (Wildman–Crippen MR) is 82.2 cm³/mol. The van der Waals surface area contributed by atoms with Gasteiger partial charge in [0.15, 0.2) is 0 Å². The van der Waals surface area contributed by atoms with Crippen molar-refractivity contribution in [3.8, 4) is 0 Å². The molecule has 21 heavy (non-hydrogen) atoms. The lowest BCUT2D eigenvalue weighted by Gasteiger charge is -2.22. The van der Waals surface area contributed by atoms with Gasteiger partial charge in [-0.05, 0) is 62.5 Å². The predicted octanol–water partition coefficient (Wildman–Crippen LogP) is 3.59. The molecule has 0 aliphatic carbocycles. The van der Waals surface area contributed by atoms with Gasteiger partial charge in [0.1, 0.15) is 11.6 Å². The summed E-state index contributed by atoms with van der Waals surface area (Å²) in [6.07, 6.45) is 2.13. The van der Waals surface area contributed by atoms with Crippen molar-refractivity contribution in [2.24, 2.45) is 11.8 Å². The Kier molecular flexibility index (Phi) is 5.71. The van der Waals surface area contributed by atoms with Crippen LogP contribution in [-0.4, -0.2) is 31.6 Å². The molecular formula is C17H26F2N2. The van der Waals surface area contributed by atoms with Crippen LogP contribution in [0, 0.1) is 23.5 Å². The molecule has 1 N–H and O–H groups in total. The van der Waals surface area contributed by atoms with E-state index in [1.54, 1.807) is 0 Å². The molecule has 2 atom stereocenters. The number of likely N-dealkylation sites (tertiary alicyclic amines) is 1. The lowest BCUT2D eigenvalue weighted by molar-refractivity contribution is 0.286. The van der Waals surface area contributed by atoms with Crippen molar-refractivity contribution in [2.75, 3.05) is 26.7 Å². The van der Waals surface area contributed by atoms with Crippen LogP contribution in [0.4, 0.5) is 8.78 Å². The fourth-order valence-electron chi connectivity index (χ4n) is 3.18. The van der Waals surface area contributed by atoms with E-state index < -0.39 is 11.6 Å². The molecule has 1 saturated heterocycles. The summed E-state index contributed by atoms with van der Waals surface area (Å²) < 4.78 is 26.7. The van der Waals surface area contributed by atoms with Gasteiger partial charge in [0.05, 0.1) is 0 Å². The molecule has 0 saturated carbocycles. The second kappa shape index (κ2) is 7.32. The molecule has 1 aliphatic rings. The van der Waals surface area contributed by atoms with Crippen LogP contribution in [0.3, 0.4) is 0 Å². The zero-order chi connectivity index (χ0) is 15.4. The van der Waals surface area contributed by atoms with Crippen molar-refractivity contribution >= 4 is 0 Å². The quantitative estimate of drug-likeness (QED) is 0.863. The van der Waals surface area contributed by atoms with E-state index in [0.29, 0.717) is 5.56 Å². The van der Waals surface area contributed by atoms with Gasteiger partial charge in [0, 0.05) is 18.7 Å². The fourth-order valence-corrected chi connectivity index (χ4v) is 3.18. The van der Waals surface area contributed by atoms with E-state index in [9.17, 15) is 8.78 Å². The molecule has 1 aromatic rings. The minimum atomic E-state index is -0.508. The Labute approximate surface area is 126 Å². The van der Waals surface area contributed by atoms with Gasteiger partial charge in [0.25, 0.3) is 0 Å². The van der Waals surface area contributed by atoms with Gasteiger partial charge >= 0.3 is 0 Å². The summed E-state index contributed by atoms with van der Waals surface area (Å²) in [5.41, 5.74) is 0.689. The summed E-state index contributed by atoms with van der Waals surface area (Å²) >= 11 is 0. The van der Waals surface area contributed by atoms with E-state index in [2.05, 4.69) is 24.1 Å². The van der Waals surface area contributed by atoms with Gasteiger partial charge in [-0.2, -0.15) is 0 Å². The van der Waals surface area contributed by atoms with Crippen LogP contribution in [0.1, 0.15) is 38.3 Å². The molecule has 1 aliphatic heterocycles. The monoisotopic (exact) mass is 296 g/mol. The number of halogens is 2. The van der Waals surface area contributed by atoms with Gasteiger partial charge in [0.2, 0.25) is 0 Å². The maximum Gasteiger partial charge on any atom is 0.126 e. The standard InChI is InChI=1S/C17H26F2N2/c1-12(2)13-4-6-21(11-13)7-5-17(20-3)14-8-15(18)10-16(19)9-14/h8-10,12-13,17,20H,4-7,11H2,1-3H3. The third kappa shape index (κ3) is 4.48. The van der Waals surface area contributed by atoms with Gasteiger partial charge in [-0.15, -0.1) is 0 Å². The molecule has 1 fully saturated rings. The molecule has 0 bridgehead atoms. The van der Waals surface area contributed by atoms with Crippen LogP contribution in [0.15, 0.2) is 18.2 Å². The maximum atomic E-state index is 13.3. The van der Waals surface area contributed by atoms with E-state index in [1.165, 1.54) is 18.6 Å². The second-order valence-electron chi connectivity index (χ2n) is 6.43. The summed E-state index contributed by atoms with van der Waals surface area (Å²) in [6, 6.07) is 3.76. The highest BCUT2D eigenvalue weighted by atomic mass is 19.1.